The van der Waals surface area contributed by atoms with Gasteiger partial charge < -0.3 is 15.5 Å². The predicted octanol–water partition coefficient (Wildman–Crippen LogP) is 2.08. The molecule has 138 valence electrons. The van der Waals surface area contributed by atoms with Gasteiger partial charge in [-0.05, 0) is 37.9 Å². The van der Waals surface area contributed by atoms with Crippen LogP contribution in [0.2, 0.25) is 0 Å². The highest BCUT2D eigenvalue weighted by Gasteiger charge is 2.20. The number of amides is 2. The molecule has 1 fully saturated rings. The molecule has 0 radical (unpaired) electrons. The van der Waals surface area contributed by atoms with Gasteiger partial charge >= 0.3 is 0 Å². The van der Waals surface area contributed by atoms with Crippen LogP contribution in [0.5, 0.6) is 0 Å². The molecule has 1 aliphatic rings. The van der Waals surface area contributed by atoms with Crippen molar-refractivity contribution in [2.75, 3.05) is 26.2 Å². The van der Waals surface area contributed by atoms with E-state index in [9.17, 15) is 18.4 Å². The first-order valence-electron chi connectivity index (χ1n) is 8.74. The summed E-state index contributed by atoms with van der Waals surface area (Å²) in [6.07, 6.45) is 3.12. The van der Waals surface area contributed by atoms with Gasteiger partial charge in [-0.1, -0.05) is 6.92 Å². The molecule has 1 aromatic rings. The summed E-state index contributed by atoms with van der Waals surface area (Å²) in [5, 5.41) is 5.45. The summed E-state index contributed by atoms with van der Waals surface area (Å²) in [5.74, 6) is -2.44. The summed E-state index contributed by atoms with van der Waals surface area (Å²) in [6.45, 7) is 5.32. The van der Waals surface area contributed by atoms with Crippen LogP contribution < -0.4 is 10.6 Å². The van der Waals surface area contributed by atoms with Crippen LogP contribution in [0.15, 0.2) is 18.2 Å². The summed E-state index contributed by atoms with van der Waals surface area (Å²) in [6, 6.07) is 2.94. The van der Waals surface area contributed by atoms with Crippen molar-refractivity contribution >= 4 is 11.8 Å². The smallest absolute Gasteiger partial charge is 0.254 e. The van der Waals surface area contributed by atoms with Crippen molar-refractivity contribution in [3.63, 3.8) is 0 Å². The van der Waals surface area contributed by atoms with E-state index in [0.29, 0.717) is 6.07 Å². The lowest BCUT2D eigenvalue weighted by atomic mass is 10.0. The van der Waals surface area contributed by atoms with Gasteiger partial charge in [-0.15, -0.1) is 0 Å². The number of benzene rings is 1. The minimum absolute atomic E-state index is 0.107. The van der Waals surface area contributed by atoms with E-state index in [0.717, 1.165) is 51.0 Å². The lowest BCUT2D eigenvalue weighted by molar-refractivity contribution is -0.121. The molecule has 0 atom stereocenters. The maximum atomic E-state index is 13.5. The fourth-order valence-corrected chi connectivity index (χ4v) is 2.98. The zero-order valence-electron chi connectivity index (χ0n) is 14.5. The monoisotopic (exact) mass is 353 g/mol. The molecule has 25 heavy (non-hydrogen) atoms. The Hall–Kier alpha value is -2.02. The Labute approximate surface area is 146 Å². The molecule has 1 aromatic carbocycles. The number of carbonyl (C=O) groups excluding carboxylic acids is 2. The van der Waals surface area contributed by atoms with Gasteiger partial charge in [0.05, 0.1) is 5.56 Å². The minimum Gasteiger partial charge on any atom is -0.353 e. The van der Waals surface area contributed by atoms with Crippen LogP contribution in [0.3, 0.4) is 0 Å². The topological polar surface area (TPSA) is 61.4 Å². The molecule has 0 aliphatic carbocycles. The van der Waals surface area contributed by atoms with Gasteiger partial charge in [0.1, 0.15) is 11.6 Å². The number of hydrogen-bond donors (Lipinski definition) is 2. The molecule has 1 saturated heterocycles. The molecule has 0 spiro atoms. The zero-order valence-corrected chi connectivity index (χ0v) is 14.5. The molecular formula is C18H25F2N3O2. The Kier molecular flexibility index (Phi) is 7.31. The largest absolute Gasteiger partial charge is 0.353 e. The van der Waals surface area contributed by atoms with E-state index < -0.39 is 17.5 Å². The first kappa shape index (κ1) is 19.3. The molecular weight excluding hydrogens is 328 g/mol. The van der Waals surface area contributed by atoms with Gasteiger partial charge in [0.25, 0.3) is 5.91 Å². The number of nitrogens with one attached hydrogen (secondary N) is 2. The molecule has 0 aromatic heterocycles. The lowest BCUT2D eigenvalue weighted by Crippen LogP contribution is -2.45. The van der Waals surface area contributed by atoms with Crippen LogP contribution in [0, 0.1) is 11.6 Å². The highest BCUT2D eigenvalue weighted by molar-refractivity contribution is 5.94. The van der Waals surface area contributed by atoms with Crippen molar-refractivity contribution in [3.8, 4) is 0 Å². The van der Waals surface area contributed by atoms with Crippen LogP contribution >= 0.6 is 0 Å². The molecule has 5 nitrogen and oxygen atoms in total. The number of rotatable bonds is 7. The Morgan fingerprint density at radius 1 is 1.24 bits per heavy atom. The molecule has 2 rings (SSSR count). The SMILES string of the molecule is CCCN1CCC(NC(=O)CCNC(=O)c2ccc(F)cc2F)CC1. The third-order valence-electron chi connectivity index (χ3n) is 4.31. The van der Waals surface area contributed by atoms with Gasteiger partial charge in [-0.2, -0.15) is 0 Å². The van der Waals surface area contributed by atoms with E-state index in [4.69, 9.17) is 0 Å². The van der Waals surface area contributed by atoms with Gasteiger partial charge in [0, 0.05) is 38.2 Å². The third kappa shape index (κ3) is 6.08. The molecule has 2 N–H and O–H groups in total. The van der Waals surface area contributed by atoms with Crippen LogP contribution in [-0.2, 0) is 4.79 Å². The summed E-state index contributed by atoms with van der Waals surface area (Å²) in [5.41, 5.74) is -0.231. The second-order valence-electron chi connectivity index (χ2n) is 6.31. The zero-order chi connectivity index (χ0) is 18.2. The number of carbonyl (C=O) groups is 2. The van der Waals surface area contributed by atoms with Crippen molar-refractivity contribution in [3.05, 3.63) is 35.4 Å². The van der Waals surface area contributed by atoms with Crippen molar-refractivity contribution in [2.45, 2.75) is 38.6 Å². The number of piperidine rings is 1. The first-order chi connectivity index (χ1) is 12.0. The van der Waals surface area contributed by atoms with Crippen molar-refractivity contribution in [1.82, 2.24) is 15.5 Å². The Balaban J connectivity index is 1.68. The summed E-state index contributed by atoms with van der Waals surface area (Å²) >= 11 is 0. The van der Waals surface area contributed by atoms with Gasteiger partial charge in [0.15, 0.2) is 0 Å². The highest BCUT2D eigenvalue weighted by atomic mass is 19.1. The highest BCUT2D eigenvalue weighted by Crippen LogP contribution is 2.11. The average Bonchev–Trinajstić information content (AvgIpc) is 2.56. The quantitative estimate of drug-likeness (QED) is 0.789. The van der Waals surface area contributed by atoms with E-state index in [1.807, 2.05) is 0 Å². The average molecular weight is 353 g/mol. The maximum Gasteiger partial charge on any atom is 0.254 e. The number of hydrogen-bond acceptors (Lipinski definition) is 3. The fourth-order valence-electron chi connectivity index (χ4n) is 2.98. The van der Waals surface area contributed by atoms with E-state index in [1.165, 1.54) is 0 Å². The Morgan fingerprint density at radius 3 is 2.60 bits per heavy atom. The molecule has 2 amide bonds. The minimum atomic E-state index is -0.916. The maximum absolute atomic E-state index is 13.5. The summed E-state index contributed by atoms with van der Waals surface area (Å²) in [7, 11) is 0. The lowest BCUT2D eigenvalue weighted by Gasteiger charge is -2.32. The van der Waals surface area contributed by atoms with Crippen LogP contribution in [-0.4, -0.2) is 48.9 Å². The number of halogens is 2. The second-order valence-corrected chi connectivity index (χ2v) is 6.31. The predicted molar refractivity (Wildman–Crippen MR) is 91.2 cm³/mol. The normalized spacial score (nSPS) is 15.8. The molecule has 1 aliphatic heterocycles. The van der Waals surface area contributed by atoms with E-state index in [2.05, 4.69) is 22.5 Å². The van der Waals surface area contributed by atoms with Crippen molar-refractivity contribution < 1.29 is 18.4 Å². The van der Waals surface area contributed by atoms with Crippen LogP contribution in [0.1, 0.15) is 43.0 Å². The van der Waals surface area contributed by atoms with Gasteiger partial charge in [0.2, 0.25) is 5.91 Å². The fraction of sp³-hybridized carbons (Fsp3) is 0.556. The summed E-state index contributed by atoms with van der Waals surface area (Å²) in [4.78, 5) is 26.2. The Morgan fingerprint density at radius 2 is 1.96 bits per heavy atom. The molecule has 1 heterocycles. The van der Waals surface area contributed by atoms with Crippen LogP contribution in [0.4, 0.5) is 8.78 Å². The van der Waals surface area contributed by atoms with Crippen molar-refractivity contribution in [1.29, 1.82) is 0 Å². The summed E-state index contributed by atoms with van der Waals surface area (Å²) < 4.78 is 26.3. The standard InChI is InChI=1S/C18H25F2N3O2/c1-2-9-23-10-6-14(7-11-23)22-17(24)5-8-21-18(25)15-4-3-13(19)12-16(15)20/h3-4,12,14H,2,5-11H2,1H3,(H,21,25)(H,22,24). The molecule has 7 heteroatoms. The van der Waals surface area contributed by atoms with Crippen LogP contribution in [0.25, 0.3) is 0 Å². The van der Waals surface area contributed by atoms with Gasteiger partial charge in [-0.25, -0.2) is 8.78 Å². The third-order valence-corrected chi connectivity index (χ3v) is 4.31. The van der Waals surface area contributed by atoms with E-state index in [1.54, 1.807) is 0 Å². The van der Waals surface area contributed by atoms with E-state index in [-0.39, 0.29) is 30.5 Å². The van der Waals surface area contributed by atoms with Crippen molar-refractivity contribution in [2.24, 2.45) is 0 Å². The number of nitrogens with zero attached hydrogens (tertiary/aromatic N) is 1. The second kappa shape index (κ2) is 9.46. The van der Waals surface area contributed by atoms with Gasteiger partial charge in [-0.3, -0.25) is 9.59 Å². The van der Waals surface area contributed by atoms with E-state index >= 15 is 0 Å². The Bertz CT molecular complexity index is 602. The molecule has 0 unspecified atom stereocenters. The number of likely N-dealkylation sites (tertiary alicyclic amines) is 1. The first-order valence-corrected chi connectivity index (χ1v) is 8.74. The molecule has 0 saturated carbocycles. The molecule has 0 bridgehead atoms.